The van der Waals surface area contributed by atoms with Crippen molar-refractivity contribution in [3.05, 3.63) is 12.2 Å². The number of urea groups is 1. The van der Waals surface area contributed by atoms with Crippen molar-refractivity contribution < 1.29 is 24.9 Å². The molecular weight excluding hydrogens is 212 g/mol. The predicted molar refractivity (Wildman–Crippen MR) is 54.3 cm³/mol. The Labute approximate surface area is 98.5 Å². The zero-order valence-corrected chi connectivity index (χ0v) is 8.29. The minimum absolute atomic E-state index is 0.299. The molecule has 0 spiro atoms. The average Bonchev–Trinajstić information content (AvgIpc) is 2.74. The normalized spacial score (nSPS) is 43.4. The van der Waals surface area contributed by atoms with E-state index >= 15 is 0 Å². The summed E-state index contributed by atoms with van der Waals surface area (Å²) >= 11 is 0. The van der Waals surface area contributed by atoms with E-state index in [1.807, 2.05) is 5.32 Å². The van der Waals surface area contributed by atoms with Crippen molar-refractivity contribution in [2.24, 2.45) is 5.92 Å². The summed E-state index contributed by atoms with van der Waals surface area (Å²) in [4.78, 5) is 24.2. The molecule has 4 atom stereocenters. The Morgan fingerprint density at radius 2 is 2.56 bits per heavy atom. The smallest absolute Gasteiger partial charge is 0.326 e. The van der Waals surface area contributed by atoms with Crippen LogP contribution in [0.2, 0.25) is 0 Å². The Morgan fingerprint density at radius 3 is 3.19 bits per heavy atom. The zero-order valence-electron chi connectivity index (χ0n) is 12.3. The van der Waals surface area contributed by atoms with Crippen LogP contribution >= 0.6 is 0 Å². The summed E-state index contributed by atoms with van der Waals surface area (Å²) in [6.07, 6.45) is 1.34. The number of aliphatic hydroxyl groups is 1. The molecule has 3 amide bonds. The highest BCUT2D eigenvalue weighted by Gasteiger charge is 2.35. The molecule has 0 aliphatic carbocycles. The molecule has 2 heterocycles. The molecule has 2 rings (SSSR count). The number of carbonyl (C=O) groups is 2. The van der Waals surface area contributed by atoms with E-state index < -0.39 is 43.6 Å². The molecule has 6 nitrogen and oxygen atoms in total. The summed E-state index contributed by atoms with van der Waals surface area (Å²) in [6, 6.07) is -0.885. The van der Waals surface area contributed by atoms with E-state index in [2.05, 4.69) is 0 Å². The highest BCUT2D eigenvalue weighted by Crippen LogP contribution is 2.19. The molecule has 2 aliphatic heterocycles. The van der Waals surface area contributed by atoms with E-state index in [9.17, 15) is 9.59 Å². The van der Waals surface area contributed by atoms with Gasteiger partial charge in [-0.3, -0.25) is 15.0 Å². The van der Waals surface area contributed by atoms with Crippen molar-refractivity contribution in [2.45, 2.75) is 19.2 Å². The molecule has 16 heavy (non-hydrogen) atoms. The maximum Gasteiger partial charge on any atom is 0.326 e. The first-order chi connectivity index (χ1) is 9.25. The van der Waals surface area contributed by atoms with Gasteiger partial charge in [-0.25, -0.2) is 4.79 Å². The molecule has 0 radical (unpaired) electrons. The monoisotopic (exact) mass is 230 g/mol. The first kappa shape index (κ1) is 7.03. The molecule has 2 N–H and O–H groups in total. The van der Waals surface area contributed by atoms with E-state index in [0.29, 0.717) is 0 Å². The number of imide groups is 1. The Balaban J connectivity index is 2.22. The lowest BCUT2D eigenvalue weighted by atomic mass is 10.1. The second kappa shape index (κ2) is 4.23. The number of hydrogen-bond donors (Lipinski definition) is 2. The fourth-order valence-electron chi connectivity index (χ4n) is 1.50. The maximum absolute atomic E-state index is 11.8. The largest absolute Gasteiger partial charge is 0.393 e. The molecule has 0 aromatic carbocycles. The van der Waals surface area contributed by atoms with E-state index in [1.54, 1.807) is 0 Å². The minimum atomic E-state index is -2.70. The van der Waals surface area contributed by atoms with Crippen molar-refractivity contribution in [1.29, 1.82) is 0 Å². The van der Waals surface area contributed by atoms with Gasteiger partial charge in [-0.15, -0.1) is 0 Å². The number of hydrogen-bond acceptors (Lipinski definition) is 4. The molecule has 0 saturated carbocycles. The summed E-state index contributed by atoms with van der Waals surface area (Å²) < 4.78 is 35.1. The van der Waals surface area contributed by atoms with E-state index in [1.165, 1.54) is 12.2 Å². The van der Waals surface area contributed by atoms with Gasteiger partial charge in [0.15, 0.2) is 6.23 Å². The van der Waals surface area contributed by atoms with Gasteiger partial charge in [-0.2, -0.15) is 0 Å². The van der Waals surface area contributed by atoms with Crippen LogP contribution in [0.3, 0.4) is 0 Å². The van der Waals surface area contributed by atoms with Crippen LogP contribution in [0, 0.1) is 5.92 Å². The van der Waals surface area contributed by atoms with Crippen LogP contribution in [0.5, 0.6) is 0 Å². The average molecular weight is 230 g/mol. The molecule has 1 fully saturated rings. The molecule has 1 saturated heterocycles. The van der Waals surface area contributed by atoms with Gasteiger partial charge >= 0.3 is 6.03 Å². The lowest BCUT2D eigenvalue weighted by molar-refractivity contribution is -0.127. The van der Waals surface area contributed by atoms with E-state index in [-0.39, 0.29) is 6.61 Å². The number of ether oxygens (including phenoxy) is 1. The van der Waals surface area contributed by atoms with Gasteiger partial charge in [0.2, 0.25) is 5.91 Å². The molecule has 6 heteroatoms. The third kappa shape index (κ3) is 1.94. The Bertz CT molecular complexity index is 453. The Hall–Kier alpha value is -1.40. The number of aliphatic hydroxyl groups excluding tert-OH is 1. The summed E-state index contributed by atoms with van der Waals surface area (Å²) in [5.41, 5.74) is 0. The van der Waals surface area contributed by atoms with Gasteiger partial charge < -0.3 is 9.84 Å². The predicted octanol–water partition coefficient (Wildman–Crippen LogP) is -0.552. The van der Waals surface area contributed by atoms with Crippen LogP contribution in [-0.2, 0) is 9.53 Å². The summed E-state index contributed by atoms with van der Waals surface area (Å²) in [5, 5.41) is 10.9. The van der Waals surface area contributed by atoms with Gasteiger partial charge in [0, 0.05) is 10.6 Å². The molecule has 2 unspecified atom stereocenters. The summed E-state index contributed by atoms with van der Waals surface area (Å²) in [6.45, 7) is -4.59. The van der Waals surface area contributed by atoms with Crippen LogP contribution in [0.4, 0.5) is 4.79 Å². The topological polar surface area (TPSA) is 78.9 Å². The van der Waals surface area contributed by atoms with Crippen LogP contribution in [0.15, 0.2) is 12.2 Å². The number of rotatable bonds is 2. The second-order valence-electron chi connectivity index (χ2n) is 3.46. The highest BCUT2D eigenvalue weighted by atomic mass is 16.5. The third-order valence-electron chi connectivity index (χ3n) is 2.32. The van der Waals surface area contributed by atoms with Crippen LogP contribution in [-0.4, -0.2) is 47.4 Å². The fraction of sp³-hybridized carbons (Fsp3) is 0.600. The van der Waals surface area contributed by atoms with E-state index in [4.69, 9.17) is 15.3 Å². The molecule has 88 valence electrons. The van der Waals surface area contributed by atoms with Crippen LogP contribution in [0.1, 0.15) is 12.3 Å². The molecular formula is C10H14N2O4. The van der Waals surface area contributed by atoms with Gasteiger partial charge in [-0.05, 0) is 6.08 Å². The van der Waals surface area contributed by atoms with Crippen LogP contribution in [0.25, 0.3) is 0 Å². The molecule has 2 aliphatic rings. The van der Waals surface area contributed by atoms with Gasteiger partial charge in [0.1, 0.15) is 6.10 Å². The summed E-state index contributed by atoms with van der Waals surface area (Å²) in [7, 11) is 0. The zero-order chi connectivity index (χ0) is 15.1. The second-order valence-corrected chi connectivity index (χ2v) is 3.46. The summed E-state index contributed by atoms with van der Waals surface area (Å²) in [5.74, 6) is -2.64. The van der Waals surface area contributed by atoms with E-state index in [0.717, 1.165) is 4.90 Å². The molecule has 0 aromatic heterocycles. The minimum Gasteiger partial charge on any atom is -0.393 e. The third-order valence-corrected chi connectivity index (χ3v) is 2.32. The van der Waals surface area contributed by atoms with Gasteiger partial charge in [-0.1, -0.05) is 12.9 Å². The number of nitrogens with zero attached hydrogens (tertiary/aromatic N) is 1. The number of amides is 3. The van der Waals surface area contributed by atoms with Crippen molar-refractivity contribution in [2.75, 3.05) is 13.1 Å². The maximum atomic E-state index is 11.8. The van der Waals surface area contributed by atoms with Gasteiger partial charge in [0.05, 0.1) is 13.9 Å². The number of carbonyl (C=O) groups excluding carboxylic acids is 2. The van der Waals surface area contributed by atoms with Crippen molar-refractivity contribution in [3.8, 4) is 0 Å². The Morgan fingerprint density at radius 1 is 1.75 bits per heavy atom. The van der Waals surface area contributed by atoms with Crippen LogP contribution < -0.4 is 5.32 Å². The first-order valence-corrected chi connectivity index (χ1v) is 4.75. The van der Waals surface area contributed by atoms with Gasteiger partial charge in [0.25, 0.3) is 0 Å². The Kier molecular flexibility index (Phi) is 1.86. The standard InChI is InChI=1S/C10H14N2O4/c1-6-4-12(10(15)11-9(6)14)8-3-2-7(5-13)16-8/h2-3,6-8,13H,4-5H2,1H3,(H,11,14,15)/t6?,7-,8+/m0/s1/i1D3,4D/t4?,6?,7-,8+. The molecule has 0 aromatic rings. The fourth-order valence-corrected chi connectivity index (χ4v) is 1.50. The number of nitrogens with one attached hydrogen (secondary N) is 1. The van der Waals surface area contributed by atoms with Crippen molar-refractivity contribution in [3.63, 3.8) is 0 Å². The lowest BCUT2D eigenvalue weighted by Crippen LogP contribution is -2.57. The van der Waals surface area contributed by atoms with Crippen molar-refractivity contribution >= 4 is 11.9 Å². The highest BCUT2D eigenvalue weighted by molar-refractivity contribution is 5.97. The van der Waals surface area contributed by atoms with Crippen molar-refractivity contribution in [1.82, 2.24) is 10.2 Å². The first-order valence-electron chi connectivity index (χ1n) is 6.83. The quantitative estimate of drug-likeness (QED) is 0.624. The molecule has 0 bridgehead atoms. The SMILES string of the molecule is [2H]C1C(C([2H])([2H])[2H])C(=O)NC(=O)N1[C@H]1C=C[C@@H](CO)O1. The lowest BCUT2D eigenvalue weighted by Gasteiger charge is -2.34.